The number of rotatable bonds is 5. The smallest absolute Gasteiger partial charge is 0.0951 e. The molecule has 0 aliphatic heterocycles. The number of aliphatic hydroxyl groups excluding tert-OH is 1. The van der Waals surface area contributed by atoms with E-state index in [0.29, 0.717) is 11.6 Å². The zero-order valence-electron chi connectivity index (χ0n) is 11.4. The third kappa shape index (κ3) is 3.15. The lowest BCUT2D eigenvalue weighted by Gasteiger charge is -2.20. The van der Waals surface area contributed by atoms with Gasteiger partial charge in [-0.3, -0.25) is 4.98 Å². The molecule has 102 valence electrons. The van der Waals surface area contributed by atoms with Crippen molar-refractivity contribution in [2.45, 2.75) is 26.3 Å². The number of pyridine rings is 1. The number of hydrogen-bond acceptors (Lipinski definition) is 4. The molecule has 1 aromatic carbocycles. The SMILES string of the molecule is CC(C)CC(CO)Nc1ccc(N)c2ncccc12. The Labute approximate surface area is 113 Å². The zero-order chi connectivity index (χ0) is 13.8. The van der Waals surface area contributed by atoms with Gasteiger partial charge in [-0.2, -0.15) is 0 Å². The standard InChI is InChI=1S/C15H21N3O/c1-10(2)8-11(9-19)18-14-6-5-13(16)15-12(14)4-3-7-17-15/h3-7,10-11,18-19H,8-9,16H2,1-2H3. The fourth-order valence-corrected chi connectivity index (χ4v) is 2.29. The van der Waals surface area contributed by atoms with Crippen LogP contribution in [0.2, 0.25) is 0 Å². The second kappa shape index (κ2) is 5.89. The van der Waals surface area contributed by atoms with Gasteiger partial charge in [0.1, 0.15) is 0 Å². The van der Waals surface area contributed by atoms with Gasteiger partial charge in [0.15, 0.2) is 0 Å². The van der Waals surface area contributed by atoms with E-state index >= 15 is 0 Å². The summed E-state index contributed by atoms with van der Waals surface area (Å²) < 4.78 is 0. The maximum atomic E-state index is 9.46. The van der Waals surface area contributed by atoms with Crippen LogP contribution in [0.4, 0.5) is 11.4 Å². The highest BCUT2D eigenvalue weighted by Gasteiger charge is 2.12. The van der Waals surface area contributed by atoms with Crippen LogP contribution in [0.15, 0.2) is 30.5 Å². The van der Waals surface area contributed by atoms with Crippen LogP contribution in [0.5, 0.6) is 0 Å². The highest BCUT2D eigenvalue weighted by atomic mass is 16.3. The van der Waals surface area contributed by atoms with Crippen molar-refractivity contribution in [1.82, 2.24) is 4.98 Å². The number of benzene rings is 1. The van der Waals surface area contributed by atoms with E-state index in [1.165, 1.54) is 0 Å². The van der Waals surface area contributed by atoms with Crippen LogP contribution >= 0.6 is 0 Å². The molecule has 2 aromatic rings. The second-order valence-corrected chi connectivity index (χ2v) is 5.26. The van der Waals surface area contributed by atoms with Crippen molar-refractivity contribution in [3.05, 3.63) is 30.5 Å². The molecule has 4 heteroatoms. The number of hydrogen-bond donors (Lipinski definition) is 3. The van der Waals surface area contributed by atoms with Gasteiger partial charge in [0.25, 0.3) is 0 Å². The molecular formula is C15H21N3O. The monoisotopic (exact) mass is 259 g/mol. The number of aliphatic hydroxyl groups is 1. The molecule has 0 spiro atoms. The number of aromatic nitrogens is 1. The van der Waals surface area contributed by atoms with Crippen molar-refractivity contribution >= 4 is 22.3 Å². The maximum Gasteiger partial charge on any atom is 0.0951 e. The maximum absolute atomic E-state index is 9.46. The van der Waals surface area contributed by atoms with E-state index < -0.39 is 0 Å². The predicted molar refractivity (Wildman–Crippen MR) is 80.1 cm³/mol. The molecule has 1 aromatic heterocycles. The molecule has 0 saturated carbocycles. The molecule has 1 atom stereocenters. The van der Waals surface area contributed by atoms with Crippen LogP contribution in [0.1, 0.15) is 20.3 Å². The first-order valence-corrected chi connectivity index (χ1v) is 6.62. The van der Waals surface area contributed by atoms with Crippen molar-refractivity contribution in [3.8, 4) is 0 Å². The second-order valence-electron chi connectivity index (χ2n) is 5.26. The third-order valence-electron chi connectivity index (χ3n) is 3.14. The third-order valence-corrected chi connectivity index (χ3v) is 3.14. The van der Waals surface area contributed by atoms with Gasteiger partial charge in [-0.05, 0) is 36.6 Å². The molecule has 2 rings (SSSR count). The van der Waals surface area contributed by atoms with E-state index in [9.17, 15) is 5.11 Å². The number of nitrogens with zero attached hydrogens (tertiary/aromatic N) is 1. The molecule has 0 bridgehead atoms. The fraction of sp³-hybridized carbons (Fsp3) is 0.400. The summed E-state index contributed by atoms with van der Waals surface area (Å²) in [7, 11) is 0. The topological polar surface area (TPSA) is 71.2 Å². The van der Waals surface area contributed by atoms with E-state index in [4.69, 9.17) is 5.73 Å². The Bertz CT molecular complexity index is 554. The molecule has 0 radical (unpaired) electrons. The van der Waals surface area contributed by atoms with Crippen molar-refractivity contribution < 1.29 is 5.11 Å². The number of nitrogens with one attached hydrogen (secondary N) is 1. The van der Waals surface area contributed by atoms with E-state index in [-0.39, 0.29) is 12.6 Å². The number of fused-ring (bicyclic) bond motifs is 1. The first-order valence-electron chi connectivity index (χ1n) is 6.62. The molecule has 4 nitrogen and oxygen atoms in total. The molecule has 0 fully saturated rings. The fourth-order valence-electron chi connectivity index (χ4n) is 2.29. The van der Waals surface area contributed by atoms with Crippen LogP contribution in [0.3, 0.4) is 0 Å². The quantitative estimate of drug-likeness (QED) is 0.722. The molecule has 0 aliphatic carbocycles. The molecule has 0 saturated heterocycles. The number of anilines is 2. The molecular weight excluding hydrogens is 238 g/mol. The molecule has 19 heavy (non-hydrogen) atoms. The van der Waals surface area contributed by atoms with Crippen LogP contribution in [0.25, 0.3) is 10.9 Å². The van der Waals surface area contributed by atoms with Gasteiger partial charge in [-0.1, -0.05) is 13.8 Å². The van der Waals surface area contributed by atoms with Gasteiger partial charge >= 0.3 is 0 Å². The summed E-state index contributed by atoms with van der Waals surface area (Å²) in [5.74, 6) is 0.530. The predicted octanol–water partition coefficient (Wildman–Crippen LogP) is 2.64. The Morgan fingerprint density at radius 2 is 2.11 bits per heavy atom. The molecule has 0 aliphatic rings. The van der Waals surface area contributed by atoms with Crippen LogP contribution in [-0.4, -0.2) is 22.7 Å². The highest BCUT2D eigenvalue weighted by Crippen LogP contribution is 2.27. The average Bonchev–Trinajstić information content (AvgIpc) is 2.41. The van der Waals surface area contributed by atoms with Gasteiger partial charge in [0, 0.05) is 23.3 Å². The van der Waals surface area contributed by atoms with Crippen molar-refractivity contribution in [3.63, 3.8) is 0 Å². The summed E-state index contributed by atoms with van der Waals surface area (Å²) in [5.41, 5.74) is 8.37. The average molecular weight is 259 g/mol. The van der Waals surface area contributed by atoms with Crippen LogP contribution in [0, 0.1) is 5.92 Å². The van der Waals surface area contributed by atoms with E-state index in [2.05, 4.69) is 24.1 Å². The normalized spacial score (nSPS) is 12.8. The minimum atomic E-state index is 0.0482. The first kappa shape index (κ1) is 13.6. The minimum Gasteiger partial charge on any atom is -0.397 e. The molecule has 4 N–H and O–H groups in total. The van der Waals surface area contributed by atoms with Gasteiger partial charge in [-0.25, -0.2) is 0 Å². The van der Waals surface area contributed by atoms with Crippen molar-refractivity contribution in [2.75, 3.05) is 17.7 Å². The van der Waals surface area contributed by atoms with Gasteiger partial charge in [0.05, 0.1) is 17.8 Å². The Kier molecular flexibility index (Phi) is 4.22. The van der Waals surface area contributed by atoms with Crippen LogP contribution in [-0.2, 0) is 0 Å². The molecule has 1 unspecified atom stereocenters. The highest BCUT2D eigenvalue weighted by molar-refractivity contribution is 5.98. The minimum absolute atomic E-state index is 0.0482. The summed E-state index contributed by atoms with van der Waals surface area (Å²) in [5, 5.41) is 13.8. The zero-order valence-corrected chi connectivity index (χ0v) is 11.4. The molecule has 0 amide bonds. The lowest BCUT2D eigenvalue weighted by molar-refractivity contribution is 0.259. The Morgan fingerprint density at radius 1 is 1.32 bits per heavy atom. The Balaban J connectivity index is 2.32. The summed E-state index contributed by atoms with van der Waals surface area (Å²) in [6.07, 6.45) is 2.66. The van der Waals surface area contributed by atoms with Gasteiger partial charge < -0.3 is 16.2 Å². The Morgan fingerprint density at radius 3 is 2.79 bits per heavy atom. The lowest BCUT2D eigenvalue weighted by Crippen LogP contribution is -2.25. The van der Waals surface area contributed by atoms with Gasteiger partial charge in [-0.15, -0.1) is 0 Å². The first-order chi connectivity index (χ1) is 9.11. The number of nitrogen functional groups attached to an aromatic ring is 1. The number of nitrogens with two attached hydrogens (primary N) is 1. The summed E-state index contributed by atoms with van der Waals surface area (Å²) >= 11 is 0. The lowest BCUT2D eigenvalue weighted by atomic mass is 10.0. The summed E-state index contributed by atoms with van der Waals surface area (Å²) in [6, 6.07) is 7.73. The van der Waals surface area contributed by atoms with E-state index in [1.54, 1.807) is 6.20 Å². The largest absolute Gasteiger partial charge is 0.397 e. The summed E-state index contributed by atoms with van der Waals surface area (Å²) in [6.45, 7) is 4.41. The van der Waals surface area contributed by atoms with E-state index in [0.717, 1.165) is 23.0 Å². The van der Waals surface area contributed by atoms with Gasteiger partial charge in [0.2, 0.25) is 0 Å². The van der Waals surface area contributed by atoms with Crippen molar-refractivity contribution in [1.29, 1.82) is 0 Å². The van der Waals surface area contributed by atoms with Crippen LogP contribution < -0.4 is 11.1 Å². The Hall–Kier alpha value is -1.81. The van der Waals surface area contributed by atoms with E-state index in [1.807, 2.05) is 24.3 Å². The van der Waals surface area contributed by atoms with Crippen molar-refractivity contribution in [2.24, 2.45) is 5.92 Å². The summed E-state index contributed by atoms with van der Waals surface area (Å²) in [4.78, 5) is 4.31. The molecule has 1 heterocycles.